The Labute approximate surface area is 111 Å². The topological polar surface area (TPSA) is 74.9 Å². The minimum atomic E-state index is 0.182. The van der Waals surface area contributed by atoms with Crippen LogP contribution in [-0.4, -0.2) is 47.3 Å². The van der Waals surface area contributed by atoms with Crippen molar-refractivity contribution < 1.29 is 4.74 Å². The fraction of sp³-hybridized carbons (Fsp3) is 0.385. The second-order valence-electron chi connectivity index (χ2n) is 4.47. The zero-order chi connectivity index (χ0) is 12.9. The highest BCUT2D eigenvalue weighted by Gasteiger charge is 2.13. The predicted molar refractivity (Wildman–Crippen MR) is 72.9 cm³/mol. The summed E-state index contributed by atoms with van der Waals surface area (Å²) in [6.07, 6.45) is 7.63. The van der Waals surface area contributed by atoms with Gasteiger partial charge in [-0.3, -0.25) is 0 Å². The van der Waals surface area contributed by atoms with Crippen molar-refractivity contribution in [1.29, 1.82) is 0 Å². The largest absolute Gasteiger partial charge is 0.374 e. The molecular formula is C13H17N5O. The molecule has 6 nitrogen and oxygen atoms in total. The Morgan fingerprint density at radius 1 is 1.32 bits per heavy atom. The van der Waals surface area contributed by atoms with Gasteiger partial charge in [0.1, 0.15) is 0 Å². The van der Waals surface area contributed by atoms with E-state index >= 15 is 0 Å². The minimum Gasteiger partial charge on any atom is -0.374 e. The fourth-order valence-corrected chi connectivity index (χ4v) is 2.03. The molecule has 3 rings (SSSR count). The standard InChI is InChI=1S/C13H17N5O/c1-2-14-5-10(1)11-6-16-13(17-7-11)18-9-12-8-15-3-4-19-12/h1-2,5-7,12,14-15H,3-4,8-9H2,(H,16,17,18). The Morgan fingerprint density at radius 2 is 2.21 bits per heavy atom. The highest BCUT2D eigenvalue weighted by molar-refractivity contribution is 5.60. The number of hydrogen-bond acceptors (Lipinski definition) is 5. The van der Waals surface area contributed by atoms with Crippen molar-refractivity contribution in [2.24, 2.45) is 0 Å². The lowest BCUT2D eigenvalue weighted by Crippen LogP contribution is -2.42. The first-order chi connectivity index (χ1) is 9.42. The Morgan fingerprint density at radius 3 is 2.89 bits per heavy atom. The minimum absolute atomic E-state index is 0.182. The van der Waals surface area contributed by atoms with Crippen LogP contribution in [0.2, 0.25) is 0 Å². The molecule has 0 aliphatic carbocycles. The van der Waals surface area contributed by atoms with E-state index < -0.39 is 0 Å². The fourth-order valence-electron chi connectivity index (χ4n) is 2.03. The van der Waals surface area contributed by atoms with Gasteiger partial charge in [-0.25, -0.2) is 9.97 Å². The van der Waals surface area contributed by atoms with Gasteiger partial charge in [-0.05, 0) is 6.07 Å². The molecule has 1 saturated heterocycles. The summed E-state index contributed by atoms with van der Waals surface area (Å²) < 4.78 is 5.60. The molecule has 0 aromatic carbocycles. The average molecular weight is 259 g/mol. The van der Waals surface area contributed by atoms with Crippen molar-refractivity contribution in [3.05, 3.63) is 30.9 Å². The molecule has 2 aromatic heterocycles. The van der Waals surface area contributed by atoms with E-state index in [1.54, 1.807) is 0 Å². The quantitative estimate of drug-likeness (QED) is 0.759. The number of hydrogen-bond donors (Lipinski definition) is 3. The van der Waals surface area contributed by atoms with Crippen LogP contribution in [0, 0.1) is 0 Å². The van der Waals surface area contributed by atoms with Crippen LogP contribution in [0.1, 0.15) is 0 Å². The molecule has 2 aromatic rings. The molecule has 3 N–H and O–H groups in total. The van der Waals surface area contributed by atoms with E-state index in [0.29, 0.717) is 5.95 Å². The molecule has 1 unspecified atom stereocenters. The van der Waals surface area contributed by atoms with Crippen molar-refractivity contribution in [2.45, 2.75) is 6.10 Å². The number of rotatable bonds is 4. The van der Waals surface area contributed by atoms with E-state index in [0.717, 1.165) is 37.4 Å². The van der Waals surface area contributed by atoms with Crippen LogP contribution in [-0.2, 0) is 4.74 Å². The zero-order valence-corrected chi connectivity index (χ0v) is 10.6. The van der Waals surface area contributed by atoms with Gasteiger partial charge in [0.25, 0.3) is 0 Å². The Balaban J connectivity index is 1.57. The summed E-state index contributed by atoms with van der Waals surface area (Å²) in [6.45, 7) is 3.28. The first-order valence-electron chi connectivity index (χ1n) is 6.43. The maximum Gasteiger partial charge on any atom is 0.222 e. The first kappa shape index (κ1) is 12.1. The Kier molecular flexibility index (Phi) is 3.71. The number of morpholine rings is 1. The summed E-state index contributed by atoms with van der Waals surface area (Å²) >= 11 is 0. The van der Waals surface area contributed by atoms with Crippen LogP contribution in [0.3, 0.4) is 0 Å². The predicted octanol–water partition coefficient (Wildman–Crippen LogP) is 0.872. The van der Waals surface area contributed by atoms with Crippen molar-refractivity contribution in [2.75, 3.05) is 31.6 Å². The first-order valence-corrected chi connectivity index (χ1v) is 6.43. The number of aromatic amines is 1. The molecule has 19 heavy (non-hydrogen) atoms. The van der Waals surface area contributed by atoms with Gasteiger partial charge in [0.05, 0.1) is 12.7 Å². The molecule has 1 aliphatic rings. The molecule has 0 amide bonds. The Hall–Kier alpha value is -1.92. The lowest BCUT2D eigenvalue weighted by Gasteiger charge is -2.23. The molecule has 6 heteroatoms. The SMILES string of the molecule is c1cc(-c2cnc(NCC3CNCCO3)nc2)c[nH]1. The maximum atomic E-state index is 5.60. The maximum absolute atomic E-state index is 5.60. The molecular weight excluding hydrogens is 242 g/mol. The number of aromatic nitrogens is 3. The molecule has 1 atom stereocenters. The van der Waals surface area contributed by atoms with E-state index in [-0.39, 0.29) is 6.10 Å². The highest BCUT2D eigenvalue weighted by atomic mass is 16.5. The zero-order valence-electron chi connectivity index (χ0n) is 10.6. The van der Waals surface area contributed by atoms with Crippen molar-refractivity contribution >= 4 is 5.95 Å². The third kappa shape index (κ3) is 3.10. The van der Waals surface area contributed by atoms with E-state index in [1.165, 1.54) is 0 Å². The number of anilines is 1. The highest BCUT2D eigenvalue weighted by Crippen LogP contribution is 2.16. The van der Waals surface area contributed by atoms with Crippen LogP contribution in [0.25, 0.3) is 11.1 Å². The van der Waals surface area contributed by atoms with Gasteiger partial charge in [-0.2, -0.15) is 0 Å². The van der Waals surface area contributed by atoms with Crippen LogP contribution in [0.5, 0.6) is 0 Å². The second kappa shape index (κ2) is 5.81. The third-order valence-corrected chi connectivity index (χ3v) is 3.08. The van der Waals surface area contributed by atoms with Crippen molar-refractivity contribution in [3.63, 3.8) is 0 Å². The molecule has 0 bridgehead atoms. The van der Waals surface area contributed by atoms with Gasteiger partial charge >= 0.3 is 0 Å². The summed E-state index contributed by atoms with van der Waals surface area (Å²) in [4.78, 5) is 11.6. The lowest BCUT2D eigenvalue weighted by atomic mass is 10.2. The van der Waals surface area contributed by atoms with Gasteiger partial charge in [-0.15, -0.1) is 0 Å². The molecule has 1 fully saturated rings. The van der Waals surface area contributed by atoms with Gasteiger partial charge in [0.2, 0.25) is 5.95 Å². The summed E-state index contributed by atoms with van der Waals surface area (Å²) in [5.41, 5.74) is 2.09. The molecule has 0 radical (unpaired) electrons. The van der Waals surface area contributed by atoms with Crippen LogP contribution < -0.4 is 10.6 Å². The summed E-state index contributed by atoms with van der Waals surface area (Å²) in [7, 11) is 0. The molecule has 0 spiro atoms. The number of nitrogens with zero attached hydrogens (tertiary/aromatic N) is 2. The summed E-state index contributed by atoms with van der Waals surface area (Å²) in [5, 5.41) is 6.48. The Bertz CT molecular complexity index is 490. The van der Waals surface area contributed by atoms with E-state index in [1.807, 2.05) is 30.9 Å². The van der Waals surface area contributed by atoms with E-state index in [2.05, 4.69) is 25.6 Å². The smallest absolute Gasteiger partial charge is 0.222 e. The van der Waals surface area contributed by atoms with Gasteiger partial charge in [0.15, 0.2) is 0 Å². The molecule has 3 heterocycles. The average Bonchev–Trinajstić information content (AvgIpc) is 3.01. The molecule has 100 valence electrons. The van der Waals surface area contributed by atoms with Gasteiger partial charge in [0, 0.05) is 55.5 Å². The van der Waals surface area contributed by atoms with E-state index in [9.17, 15) is 0 Å². The van der Waals surface area contributed by atoms with Crippen molar-refractivity contribution in [1.82, 2.24) is 20.3 Å². The second-order valence-corrected chi connectivity index (χ2v) is 4.47. The summed E-state index contributed by atoms with van der Waals surface area (Å²) in [5.74, 6) is 0.633. The summed E-state index contributed by atoms with van der Waals surface area (Å²) in [6, 6.07) is 1.99. The van der Waals surface area contributed by atoms with E-state index in [4.69, 9.17) is 4.74 Å². The molecule has 0 saturated carbocycles. The molecule has 1 aliphatic heterocycles. The normalized spacial score (nSPS) is 19.3. The van der Waals surface area contributed by atoms with Gasteiger partial charge < -0.3 is 20.4 Å². The van der Waals surface area contributed by atoms with Crippen LogP contribution >= 0.6 is 0 Å². The van der Waals surface area contributed by atoms with Crippen LogP contribution in [0.4, 0.5) is 5.95 Å². The third-order valence-electron chi connectivity index (χ3n) is 3.08. The monoisotopic (exact) mass is 259 g/mol. The number of ether oxygens (including phenoxy) is 1. The van der Waals surface area contributed by atoms with Crippen molar-refractivity contribution in [3.8, 4) is 11.1 Å². The number of nitrogens with one attached hydrogen (secondary N) is 3. The number of H-pyrrole nitrogens is 1. The lowest BCUT2D eigenvalue weighted by molar-refractivity contribution is 0.0371. The van der Waals surface area contributed by atoms with Crippen LogP contribution in [0.15, 0.2) is 30.9 Å². The van der Waals surface area contributed by atoms with Gasteiger partial charge in [-0.1, -0.05) is 0 Å².